The van der Waals surface area contributed by atoms with Crippen molar-refractivity contribution in [3.63, 3.8) is 0 Å². The van der Waals surface area contributed by atoms with E-state index >= 15 is 0 Å². The Kier molecular flexibility index (Phi) is 6.03. The Morgan fingerprint density at radius 1 is 1.37 bits per heavy atom. The molecule has 106 valence electrons. The van der Waals surface area contributed by atoms with Gasteiger partial charge in [0.25, 0.3) is 0 Å². The number of hydrogen-bond acceptors (Lipinski definition) is 2. The topological polar surface area (TPSA) is 46.3 Å². The fraction of sp³-hybridized carbons (Fsp3) is 0.562. The Hall–Kier alpha value is -1.35. The van der Waals surface area contributed by atoms with Crippen molar-refractivity contribution in [3.05, 3.63) is 34.9 Å². The van der Waals surface area contributed by atoms with Crippen molar-refractivity contribution in [2.75, 3.05) is 20.1 Å². The number of amides is 1. The number of hydrogen-bond donors (Lipinski definition) is 1. The minimum absolute atomic E-state index is 0.196. The molecule has 0 aliphatic heterocycles. The summed E-state index contributed by atoms with van der Waals surface area (Å²) in [4.78, 5) is 13.8. The molecule has 0 heterocycles. The van der Waals surface area contributed by atoms with Gasteiger partial charge in [-0.25, -0.2) is 0 Å². The lowest BCUT2D eigenvalue weighted by Gasteiger charge is -2.21. The van der Waals surface area contributed by atoms with Gasteiger partial charge < -0.3 is 10.6 Å². The van der Waals surface area contributed by atoms with Gasteiger partial charge in [-0.2, -0.15) is 0 Å². The smallest absolute Gasteiger partial charge is 0.222 e. The maximum atomic E-state index is 12.0. The maximum absolute atomic E-state index is 12.0. The second-order valence-electron chi connectivity index (χ2n) is 5.55. The molecule has 0 bridgehead atoms. The van der Waals surface area contributed by atoms with Crippen LogP contribution in [0.1, 0.15) is 30.0 Å². The van der Waals surface area contributed by atoms with Gasteiger partial charge in [-0.15, -0.1) is 0 Å². The third-order valence-corrected chi connectivity index (χ3v) is 3.53. The number of carbonyl (C=O) groups is 1. The minimum Gasteiger partial charge on any atom is -0.345 e. The number of nitrogens with two attached hydrogens (primary N) is 1. The van der Waals surface area contributed by atoms with E-state index in [0.29, 0.717) is 18.9 Å². The molecule has 1 unspecified atom stereocenters. The molecule has 1 atom stereocenters. The molecule has 3 heteroatoms. The highest BCUT2D eigenvalue weighted by Gasteiger charge is 2.12. The standard InChI is InChI=1S/C16H26N2O/c1-12-5-6-14(3)15(9-12)7-8-16(19)18(4)11-13(2)10-17/h5-6,9,13H,7-8,10-11,17H2,1-4H3. The first kappa shape index (κ1) is 15.7. The number of nitrogens with zero attached hydrogens (tertiary/aromatic N) is 1. The molecule has 19 heavy (non-hydrogen) atoms. The second-order valence-corrected chi connectivity index (χ2v) is 5.55. The van der Waals surface area contributed by atoms with E-state index in [1.807, 2.05) is 7.05 Å². The van der Waals surface area contributed by atoms with E-state index in [0.717, 1.165) is 13.0 Å². The van der Waals surface area contributed by atoms with Crippen molar-refractivity contribution in [1.82, 2.24) is 4.90 Å². The quantitative estimate of drug-likeness (QED) is 0.855. The monoisotopic (exact) mass is 262 g/mol. The van der Waals surface area contributed by atoms with E-state index < -0.39 is 0 Å². The van der Waals surface area contributed by atoms with Crippen LogP contribution in [0, 0.1) is 19.8 Å². The van der Waals surface area contributed by atoms with Crippen LogP contribution in [0.3, 0.4) is 0 Å². The van der Waals surface area contributed by atoms with Gasteiger partial charge >= 0.3 is 0 Å². The van der Waals surface area contributed by atoms with E-state index in [-0.39, 0.29) is 5.91 Å². The van der Waals surface area contributed by atoms with E-state index in [2.05, 4.69) is 39.0 Å². The van der Waals surface area contributed by atoms with Crippen LogP contribution in [0.2, 0.25) is 0 Å². The molecule has 0 saturated carbocycles. The molecular formula is C16H26N2O. The molecule has 1 aromatic rings. The normalized spacial score (nSPS) is 12.3. The first-order valence-electron chi connectivity index (χ1n) is 6.94. The van der Waals surface area contributed by atoms with Gasteiger partial charge in [-0.1, -0.05) is 30.7 Å². The zero-order valence-corrected chi connectivity index (χ0v) is 12.6. The molecule has 0 aromatic heterocycles. The zero-order chi connectivity index (χ0) is 14.4. The maximum Gasteiger partial charge on any atom is 0.222 e. The third kappa shape index (κ3) is 5.03. The van der Waals surface area contributed by atoms with Gasteiger partial charge in [0.15, 0.2) is 0 Å². The lowest BCUT2D eigenvalue weighted by Crippen LogP contribution is -2.33. The Bertz CT molecular complexity index is 429. The largest absolute Gasteiger partial charge is 0.345 e. The van der Waals surface area contributed by atoms with Crippen LogP contribution < -0.4 is 5.73 Å². The summed E-state index contributed by atoms with van der Waals surface area (Å²) in [6, 6.07) is 6.40. The molecule has 1 aromatic carbocycles. The number of aryl methyl sites for hydroxylation is 3. The Labute approximate surface area is 116 Å². The van der Waals surface area contributed by atoms with Gasteiger partial charge in [-0.3, -0.25) is 4.79 Å². The third-order valence-electron chi connectivity index (χ3n) is 3.53. The summed E-state index contributed by atoms with van der Waals surface area (Å²) in [5.74, 6) is 0.552. The Morgan fingerprint density at radius 3 is 2.68 bits per heavy atom. The molecule has 0 aliphatic rings. The Balaban J connectivity index is 2.52. The summed E-state index contributed by atoms with van der Waals surface area (Å²) in [5, 5.41) is 0. The summed E-state index contributed by atoms with van der Waals surface area (Å²) in [5.41, 5.74) is 9.36. The lowest BCUT2D eigenvalue weighted by atomic mass is 10.0. The fourth-order valence-corrected chi connectivity index (χ4v) is 2.15. The average molecular weight is 262 g/mol. The molecule has 0 aliphatic carbocycles. The van der Waals surface area contributed by atoms with Crippen molar-refractivity contribution in [3.8, 4) is 0 Å². The van der Waals surface area contributed by atoms with Crippen LogP contribution in [0.5, 0.6) is 0 Å². The van der Waals surface area contributed by atoms with E-state index in [9.17, 15) is 4.79 Å². The van der Waals surface area contributed by atoms with Crippen molar-refractivity contribution < 1.29 is 4.79 Å². The first-order valence-corrected chi connectivity index (χ1v) is 6.94. The first-order chi connectivity index (χ1) is 8.93. The van der Waals surface area contributed by atoms with E-state index in [1.54, 1.807) is 4.90 Å². The molecule has 0 spiro atoms. The summed E-state index contributed by atoms with van der Waals surface area (Å²) >= 11 is 0. The number of rotatable bonds is 6. The SMILES string of the molecule is Cc1ccc(C)c(CCC(=O)N(C)CC(C)CN)c1. The fourth-order valence-electron chi connectivity index (χ4n) is 2.15. The molecule has 2 N–H and O–H groups in total. The van der Waals surface area contributed by atoms with Crippen LogP contribution in [0.4, 0.5) is 0 Å². The number of carbonyl (C=O) groups excluding carboxylic acids is 1. The summed E-state index contributed by atoms with van der Waals surface area (Å²) in [7, 11) is 1.86. The van der Waals surface area contributed by atoms with Crippen molar-refractivity contribution in [2.45, 2.75) is 33.6 Å². The molecule has 3 nitrogen and oxygen atoms in total. The van der Waals surface area contributed by atoms with E-state index in [4.69, 9.17) is 5.73 Å². The zero-order valence-electron chi connectivity index (χ0n) is 12.6. The second kappa shape index (κ2) is 7.29. The van der Waals surface area contributed by atoms with Crippen LogP contribution in [0.15, 0.2) is 18.2 Å². The summed E-state index contributed by atoms with van der Waals surface area (Å²) in [6.07, 6.45) is 1.38. The lowest BCUT2D eigenvalue weighted by molar-refractivity contribution is -0.130. The number of benzene rings is 1. The molecular weight excluding hydrogens is 236 g/mol. The highest BCUT2D eigenvalue weighted by Crippen LogP contribution is 2.13. The van der Waals surface area contributed by atoms with Gasteiger partial charge in [0.2, 0.25) is 5.91 Å². The van der Waals surface area contributed by atoms with Gasteiger partial charge in [0.05, 0.1) is 0 Å². The molecule has 1 amide bonds. The molecule has 0 fully saturated rings. The predicted octanol–water partition coefficient (Wildman–Crippen LogP) is 2.29. The van der Waals surface area contributed by atoms with Gasteiger partial charge in [0, 0.05) is 20.0 Å². The predicted molar refractivity (Wildman–Crippen MR) is 80.1 cm³/mol. The van der Waals surface area contributed by atoms with Crippen LogP contribution >= 0.6 is 0 Å². The highest BCUT2D eigenvalue weighted by molar-refractivity contribution is 5.76. The summed E-state index contributed by atoms with van der Waals surface area (Å²) < 4.78 is 0. The Morgan fingerprint density at radius 2 is 2.05 bits per heavy atom. The van der Waals surface area contributed by atoms with Crippen LogP contribution in [-0.2, 0) is 11.2 Å². The van der Waals surface area contributed by atoms with Crippen LogP contribution in [-0.4, -0.2) is 30.9 Å². The van der Waals surface area contributed by atoms with Crippen molar-refractivity contribution in [1.29, 1.82) is 0 Å². The van der Waals surface area contributed by atoms with Crippen molar-refractivity contribution in [2.24, 2.45) is 11.7 Å². The average Bonchev–Trinajstić information content (AvgIpc) is 2.39. The van der Waals surface area contributed by atoms with Crippen molar-refractivity contribution >= 4 is 5.91 Å². The summed E-state index contributed by atoms with van der Waals surface area (Å²) in [6.45, 7) is 7.60. The van der Waals surface area contributed by atoms with Gasteiger partial charge in [-0.05, 0) is 43.9 Å². The molecule has 0 radical (unpaired) electrons. The minimum atomic E-state index is 0.196. The molecule has 1 rings (SSSR count). The highest BCUT2D eigenvalue weighted by atomic mass is 16.2. The van der Waals surface area contributed by atoms with E-state index in [1.165, 1.54) is 16.7 Å². The molecule has 0 saturated heterocycles. The van der Waals surface area contributed by atoms with Crippen LogP contribution in [0.25, 0.3) is 0 Å². The van der Waals surface area contributed by atoms with Gasteiger partial charge in [0.1, 0.15) is 0 Å².